The predicted molar refractivity (Wildman–Crippen MR) is 83.5 cm³/mol. The van der Waals surface area contributed by atoms with Crippen LogP contribution in [0.2, 0.25) is 0 Å². The Bertz CT molecular complexity index is 759. The third kappa shape index (κ3) is 2.30. The van der Waals surface area contributed by atoms with Gasteiger partial charge in [-0.1, -0.05) is 0 Å². The number of benzene rings is 1. The van der Waals surface area contributed by atoms with Crippen LogP contribution in [0.25, 0.3) is 5.69 Å². The molecule has 0 spiro atoms. The van der Waals surface area contributed by atoms with Gasteiger partial charge in [-0.2, -0.15) is 0 Å². The lowest BCUT2D eigenvalue weighted by atomic mass is 10.1. The first kappa shape index (κ1) is 14.1. The first-order valence-electron chi connectivity index (χ1n) is 6.81. The van der Waals surface area contributed by atoms with Crippen molar-refractivity contribution < 1.29 is 9.53 Å². The number of hydrogen-bond donors (Lipinski definition) is 2. The topological polar surface area (TPSA) is 94.5 Å². The van der Waals surface area contributed by atoms with Crippen molar-refractivity contribution in [3.8, 4) is 11.4 Å². The SMILES string of the molecule is COc1ccc(-n2cnc3c2NC(C)(C)N=C3C(N)=O)cc1. The predicted octanol–water partition coefficient (Wildman–Crippen LogP) is 1.32. The molecule has 3 N–H and O–H groups in total. The number of ether oxygens (including phenoxy) is 1. The minimum atomic E-state index is -0.637. The molecule has 2 heterocycles. The second-order valence-electron chi connectivity index (χ2n) is 5.52. The molecule has 0 saturated heterocycles. The van der Waals surface area contributed by atoms with Gasteiger partial charge < -0.3 is 15.8 Å². The molecule has 1 aliphatic heterocycles. The van der Waals surface area contributed by atoms with E-state index in [-0.39, 0.29) is 5.71 Å². The highest BCUT2D eigenvalue weighted by molar-refractivity contribution is 6.45. The van der Waals surface area contributed by atoms with Gasteiger partial charge in [-0.25, -0.2) is 9.98 Å². The molecular formula is C15H17N5O2. The van der Waals surface area contributed by atoms with E-state index >= 15 is 0 Å². The Morgan fingerprint density at radius 2 is 2.00 bits per heavy atom. The molecule has 1 amide bonds. The van der Waals surface area contributed by atoms with E-state index in [0.717, 1.165) is 11.4 Å². The first-order valence-corrected chi connectivity index (χ1v) is 6.81. The fourth-order valence-corrected chi connectivity index (χ4v) is 2.40. The zero-order chi connectivity index (χ0) is 15.9. The summed E-state index contributed by atoms with van der Waals surface area (Å²) in [6.07, 6.45) is 1.64. The van der Waals surface area contributed by atoms with E-state index in [4.69, 9.17) is 10.5 Å². The summed E-state index contributed by atoms with van der Waals surface area (Å²) in [6, 6.07) is 7.54. The first-order chi connectivity index (χ1) is 10.4. The Balaban J connectivity index is 2.11. The van der Waals surface area contributed by atoms with Crippen LogP contribution >= 0.6 is 0 Å². The van der Waals surface area contributed by atoms with Crippen molar-refractivity contribution in [3.05, 3.63) is 36.3 Å². The number of fused-ring (bicyclic) bond motifs is 1. The summed E-state index contributed by atoms with van der Waals surface area (Å²) < 4.78 is 7.02. The quantitative estimate of drug-likeness (QED) is 0.893. The average Bonchev–Trinajstić information content (AvgIpc) is 2.88. The van der Waals surface area contributed by atoms with E-state index in [2.05, 4.69) is 15.3 Å². The molecule has 0 atom stereocenters. The largest absolute Gasteiger partial charge is 0.497 e. The number of hydrogen-bond acceptors (Lipinski definition) is 5. The standard InChI is InChI=1S/C15H17N5O2/c1-15(2)18-11(13(16)21)12-14(19-15)20(8-17-12)9-4-6-10(22-3)7-5-9/h4-8,19H,1-3H3,(H2,16,21). The van der Waals surface area contributed by atoms with Crippen LogP contribution in [0.5, 0.6) is 5.75 Å². The molecule has 0 fully saturated rings. The Kier molecular flexibility index (Phi) is 3.13. The van der Waals surface area contributed by atoms with Crippen molar-refractivity contribution in [1.29, 1.82) is 0 Å². The Hall–Kier alpha value is -2.83. The fourth-order valence-electron chi connectivity index (χ4n) is 2.40. The monoisotopic (exact) mass is 299 g/mol. The van der Waals surface area contributed by atoms with E-state index in [1.54, 1.807) is 13.4 Å². The van der Waals surface area contributed by atoms with Crippen LogP contribution < -0.4 is 15.8 Å². The van der Waals surface area contributed by atoms with Crippen LogP contribution in [-0.4, -0.2) is 33.9 Å². The average molecular weight is 299 g/mol. The third-order valence-electron chi connectivity index (χ3n) is 3.39. The van der Waals surface area contributed by atoms with Crippen LogP contribution in [0.1, 0.15) is 19.5 Å². The molecule has 0 aliphatic carbocycles. The molecule has 1 aromatic carbocycles. The maximum Gasteiger partial charge on any atom is 0.269 e. The summed E-state index contributed by atoms with van der Waals surface area (Å²) in [5, 5.41) is 3.27. The third-order valence-corrected chi connectivity index (χ3v) is 3.39. The van der Waals surface area contributed by atoms with Gasteiger partial charge in [0.1, 0.15) is 29.3 Å². The van der Waals surface area contributed by atoms with Crippen LogP contribution in [0, 0.1) is 0 Å². The van der Waals surface area contributed by atoms with Gasteiger partial charge in [-0.15, -0.1) is 0 Å². The van der Waals surface area contributed by atoms with Gasteiger partial charge in [0.2, 0.25) is 0 Å². The molecule has 7 nitrogen and oxygen atoms in total. The summed E-state index contributed by atoms with van der Waals surface area (Å²) in [4.78, 5) is 20.2. The number of aromatic nitrogens is 2. The fraction of sp³-hybridized carbons (Fsp3) is 0.267. The lowest BCUT2D eigenvalue weighted by Gasteiger charge is -2.29. The number of methoxy groups -OCH3 is 1. The van der Waals surface area contributed by atoms with Gasteiger partial charge in [0, 0.05) is 5.69 Å². The lowest BCUT2D eigenvalue weighted by Crippen LogP contribution is -2.39. The van der Waals surface area contributed by atoms with E-state index < -0.39 is 11.6 Å². The highest BCUT2D eigenvalue weighted by Gasteiger charge is 2.32. The van der Waals surface area contributed by atoms with Gasteiger partial charge in [0.15, 0.2) is 5.71 Å². The normalized spacial score (nSPS) is 15.5. The van der Waals surface area contributed by atoms with Crippen LogP contribution in [-0.2, 0) is 4.79 Å². The summed E-state index contributed by atoms with van der Waals surface area (Å²) >= 11 is 0. The maximum absolute atomic E-state index is 11.6. The van der Waals surface area contributed by atoms with Gasteiger partial charge in [-0.05, 0) is 38.1 Å². The van der Waals surface area contributed by atoms with Crippen molar-refractivity contribution in [1.82, 2.24) is 9.55 Å². The minimum Gasteiger partial charge on any atom is -0.497 e. The van der Waals surface area contributed by atoms with Crippen molar-refractivity contribution in [2.24, 2.45) is 10.7 Å². The van der Waals surface area contributed by atoms with E-state index in [1.165, 1.54) is 0 Å². The minimum absolute atomic E-state index is 0.186. The molecule has 2 aromatic rings. The number of carbonyl (C=O) groups excluding carboxylic acids is 1. The van der Waals surface area contributed by atoms with Gasteiger partial charge >= 0.3 is 0 Å². The number of aliphatic imine (C=N–C) groups is 1. The summed E-state index contributed by atoms with van der Waals surface area (Å²) in [7, 11) is 1.62. The van der Waals surface area contributed by atoms with E-state index in [0.29, 0.717) is 11.5 Å². The van der Waals surface area contributed by atoms with Crippen LogP contribution in [0.3, 0.4) is 0 Å². The molecule has 0 radical (unpaired) electrons. The molecule has 3 rings (SSSR count). The highest BCUT2D eigenvalue weighted by atomic mass is 16.5. The number of nitrogens with one attached hydrogen (secondary N) is 1. The number of primary amides is 1. The van der Waals surface area contributed by atoms with E-state index in [9.17, 15) is 4.79 Å². The number of rotatable bonds is 3. The van der Waals surface area contributed by atoms with Crippen LogP contribution in [0.4, 0.5) is 5.82 Å². The lowest BCUT2D eigenvalue weighted by molar-refractivity contribution is -0.112. The van der Waals surface area contributed by atoms with Crippen molar-refractivity contribution in [2.75, 3.05) is 12.4 Å². The van der Waals surface area contributed by atoms with Gasteiger partial charge in [0.05, 0.1) is 7.11 Å². The molecule has 0 bridgehead atoms. The molecule has 0 unspecified atom stereocenters. The Labute approximate surface area is 127 Å². The molecule has 114 valence electrons. The summed E-state index contributed by atoms with van der Waals surface area (Å²) in [6.45, 7) is 3.73. The van der Waals surface area contributed by atoms with Gasteiger partial charge in [-0.3, -0.25) is 9.36 Å². The highest BCUT2D eigenvalue weighted by Crippen LogP contribution is 2.29. The number of nitrogens with zero attached hydrogens (tertiary/aromatic N) is 3. The zero-order valence-electron chi connectivity index (χ0n) is 12.6. The van der Waals surface area contributed by atoms with Crippen molar-refractivity contribution in [3.63, 3.8) is 0 Å². The van der Waals surface area contributed by atoms with E-state index in [1.807, 2.05) is 42.7 Å². The number of nitrogens with two attached hydrogens (primary N) is 1. The molecule has 22 heavy (non-hydrogen) atoms. The molecule has 7 heteroatoms. The summed E-state index contributed by atoms with van der Waals surface area (Å²) in [5.74, 6) is 0.875. The Morgan fingerprint density at radius 3 is 2.59 bits per heavy atom. The zero-order valence-corrected chi connectivity index (χ0v) is 12.6. The molecule has 1 aliphatic rings. The Morgan fingerprint density at radius 1 is 1.32 bits per heavy atom. The number of imidazole rings is 1. The number of carbonyl (C=O) groups is 1. The number of anilines is 1. The second-order valence-corrected chi connectivity index (χ2v) is 5.52. The van der Waals surface area contributed by atoms with Crippen molar-refractivity contribution in [2.45, 2.75) is 19.5 Å². The van der Waals surface area contributed by atoms with Gasteiger partial charge in [0.25, 0.3) is 5.91 Å². The smallest absolute Gasteiger partial charge is 0.269 e. The summed E-state index contributed by atoms with van der Waals surface area (Å²) in [5.41, 5.74) is 6.33. The molecular weight excluding hydrogens is 282 g/mol. The van der Waals surface area contributed by atoms with Crippen molar-refractivity contribution >= 4 is 17.4 Å². The molecule has 1 aromatic heterocycles. The van der Waals surface area contributed by atoms with Crippen LogP contribution in [0.15, 0.2) is 35.6 Å². The molecule has 0 saturated carbocycles. The number of amides is 1. The maximum atomic E-state index is 11.6. The second kappa shape index (κ2) is 4.87.